The zero-order valence-corrected chi connectivity index (χ0v) is 17.0. The van der Waals surface area contributed by atoms with Crippen molar-refractivity contribution in [3.8, 4) is 0 Å². The minimum absolute atomic E-state index is 0.949. The number of fused-ring (bicyclic) bond motifs is 1. The molecule has 0 spiro atoms. The van der Waals surface area contributed by atoms with E-state index in [9.17, 15) is 0 Å². The van der Waals surface area contributed by atoms with Gasteiger partial charge < -0.3 is 5.43 Å². The summed E-state index contributed by atoms with van der Waals surface area (Å²) < 4.78 is 1.08. The average molecular weight is 422 g/mol. The van der Waals surface area contributed by atoms with Crippen LogP contribution >= 0.6 is 15.9 Å². The molecule has 3 aromatic carbocycles. The minimum atomic E-state index is 0.949. The topological polar surface area (TPSA) is 18.5 Å². The first-order valence-electron chi connectivity index (χ1n) is 9.34. The SMILES string of the molecule is C=C(NN1CCN(Cc2cccc3ccccc23)CC1)c1ccc(Br)cc1. The lowest BCUT2D eigenvalue weighted by Gasteiger charge is -2.35. The van der Waals surface area contributed by atoms with Crippen LogP contribution < -0.4 is 5.43 Å². The molecular weight excluding hydrogens is 398 g/mol. The molecule has 0 aromatic heterocycles. The Bertz CT molecular complexity index is 923. The summed E-state index contributed by atoms with van der Waals surface area (Å²) in [5.74, 6) is 0. The molecule has 0 aliphatic carbocycles. The molecule has 0 saturated carbocycles. The maximum atomic E-state index is 4.19. The van der Waals surface area contributed by atoms with Crippen molar-refractivity contribution in [3.63, 3.8) is 0 Å². The number of piperazine rings is 1. The Labute approximate surface area is 169 Å². The van der Waals surface area contributed by atoms with E-state index >= 15 is 0 Å². The molecule has 3 nitrogen and oxygen atoms in total. The van der Waals surface area contributed by atoms with E-state index in [4.69, 9.17) is 0 Å². The Morgan fingerprint density at radius 2 is 1.59 bits per heavy atom. The molecule has 0 unspecified atom stereocenters. The van der Waals surface area contributed by atoms with E-state index in [1.807, 2.05) is 12.1 Å². The lowest BCUT2D eigenvalue weighted by molar-refractivity contribution is 0.105. The van der Waals surface area contributed by atoms with Crippen LogP contribution in [0.25, 0.3) is 16.5 Å². The average Bonchev–Trinajstić information content (AvgIpc) is 2.70. The molecule has 1 heterocycles. The number of nitrogens with zero attached hydrogens (tertiary/aromatic N) is 2. The largest absolute Gasteiger partial charge is 0.319 e. The number of hydrogen-bond acceptors (Lipinski definition) is 3. The normalized spacial score (nSPS) is 15.7. The molecule has 138 valence electrons. The second-order valence-electron chi connectivity index (χ2n) is 7.00. The van der Waals surface area contributed by atoms with Crippen LogP contribution in [0.1, 0.15) is 11.1 Å². The van der Waals surface area contributed by atoms with Gasteiger partial charge in [-0.3, -0.25) is 4.90 Å². The Morgan fingerprint density at radius 3 is 2.37 bits per heavy atom. The molecule has 1 saturated heterocycles. The van der Waals surface area contributed by atoms with Gasteiger partial charge in [-0.2, -0.15) is 0 Å². The van der Waals surface area contributed by atoms with Crippen molar-refractivity contribution < 1.29 is 0 Å². The third-order valence-corrected chi connectivity index (χ3v) is 5.66. The first-order chi connectivity index (χ1) is 13.2. The molecule has 4 heteroatoms. The second-order valence-corrected chi connectivity index (χ2v) is 7.91. The fourth-order valence-corrected chi connectivity index (χ4v) is 3.86. The smallest absolute Gasteiger partial charge is 0.0490 e. The highest BCUT2D eigenvalue weighted by Gasteiger charge is 2.18. The number of benzene rings is 3. The summed E-state index contributed by atoms with van der Waals surface area (Å²) in [6, 6.07) is 23.5. The van der Waals surface area contributed by atoms with Gasteiger partial charge >= 0.3 is 0 Å². The van der Waals surface area contributed by atoms with E-state index in [1.54, 1.807) is 0 Å². The summed E-state index contributed by atoms with van der Waals surface area (Å²) in [7, 11) is 0. The summed E-state index contributed by atoms with van der Waals surface area (Å²) >= 11 is 3.48. The van der Waals surface area contributed by atoms with Gasteiger partial charge in [-0.15, -0.1) is 0 Å². The Morgan fingerprint density at radius 1 is 0.889 bits per heavy atom. The highest BCUT2D eigenvalue weighted by Crippen LogP contribution is 2.21. The molecule has 0 bridgehead atoms. The van der Waals surface area contributed by atoms with Gasteiger partial charge in [0, 0.05) is 42.9 Å². The molecular formula is C23H24BrN3. The predicted octanol–water partition coefficient (Wildman–Crippen LogP) is 4.90. The second kappa shape index (κ2) is 8.26. The Balaban J connectivity index is 1.33. The van der Waals surface area contributed by atoms with Crippen LogP contribution in [0, 0.1) is 0 Å². The Kier molecular flexibility index (Phi) is 5.58. The van der Waals surface area contributed by atoms with Gasteiger partial charge in [0.15, 0.2) is 0 Å². The number of halogens is 1. The molecule has 3 aromatic rings. The monoisotopic (exact) mass is 421 g/mol. The van der Waals surface area contributed by atoms with Crippen LogP contribution in [0.4, 0.5) is 0 Å². The van der Waals surface area contributed by atoms with Crippen molar-refractivity contribution in [2.45, 2.75) is 6.54 Å². The van der Waals surface area contributed by atoms with Crippen molar-refractivity contribution >= 4 is 32.4 Å². The molecule has 1 aliphatic rings. The van der Waals surface area contributed by atoms with Gasteiger partial charge in [-0.05, 0) is 34.0 Å². The van der Waals surface area contributed by atoms with Crippen molar-refractivity contribution in [1.29, 1.82) is 0 Å². The van der Waals surface area contributed by atoms with Crippen LogP contribution in [0.3, 0.4) is 0 Å². The third kappa shape index (κ3) is 4.41. The minimum Gasteiger partial charge on any atom is -0.319 e. The number of nitrogens with one attached hydrogen (secondary N) is 1. The van der Waals surface area contributed by atoms with E-state index in [1.165, 1.54) is 16.3 Å². The molecule has 1 aliphatic heterocycles. The summed E-state index contributed by atoms with van der Waals surface area (Å²) in [5.41, 5.74) is 6.95. The van der Waals surface area contributed by atoms with Gasteiger partial charge in [0.2, 0.25) is 0 Å². The van der Waals surface area contributed by atoms with E-state index in [0.717, 1.165) is 48.5 Å². The van der Waals surface area contributed by atoms with Gasteiger partial charge in [-0.25, -0.2) is 5.01 Å². The first-order valence-corrected chi connectivity index (χ1v) is 10.1. The molecule has 0 radical (unpaired) electrons. The van der Waals surface area contributed by atoms with Gasteiger partial charge in [0.1, 0.15) is 0 Å². The molecule has 0 amide bonds. The third-order valence-electron chi connectivity index (χ3n) is 5.13. The maximum absolute atomic E-state index is 4.19. The highest BCUT2D eigenvalue weighted by atomic mass is 79.9. The van der Waals surface area contributed by atoms with Crippen molar-refractivity contribution in [2.24, 2.45) is 0 Å². The van der Waals surface area contributed by atoms with Gasteiger partial charge in [0.25, 0.3) is 0 Å². The van der Waals surface area contributed by atoms with Crippen LogP contribution in [-0.4, -0.2) is 36.1 Å². The van der Waals surface area contributed by atoms with Crippen molar-refractivity contribution in [1.82, 2.24) is 15.3 Å². The molecule has 0 atom stereocenters. The molecule has 1 N–H and O–H groups in total. The Hall–Kier alpha value is -2.14. The highest BCUT2D eigenvalue weighted by molar-refractivity contribution is 9.10. The lowest BCUT2D eigenvalue weighted by Crippen LogP contribution is -2.50. The van der Waals surface area contributed by atoms with Crippen LogP contribution in [-0.2, 0) is 6.54 Å². The number of hydrazine groups is 1. The van der Waals surface area contributed by atoms with E-state index < -0.39 is 0 Å². The fourth-order valence-electron chi connectivity index (χ4n) is 3.60. The molecule has 4 rings (SSSR count). The zero-order chi connectivity index (χ0) is 18.6. The summed E-state index contributed by atoms with van der Waals surface area (Å²) in [6.45, 7) is 9.25. The standard InChI is InChI=1S/C23H24BrN3/c1-18(19-9-11-22(24)12-10-19)25-27-15-13-26(14-16-27)17-21-7-4-6-20-5-2-3-8-23(20)21/h2-12,25H,1,13-17H2. The first kappa shape index (κ1) is 18.2. The summed E-state index contributed by atoms with van der Waals surface area (Å²) in [5, 5.41) is 4.95. The summed E-state index contributed by atoms with van der Waals surface area (Å²) in [6.07, 6.45) is 0. The van der Waals surface area contributed by atoms with Gasteiger partial charge in [-0.1, -0.05) is 77.1 Å². The van der Waals surface area contributed by atoms with Gasteiger partial charge in [0.05, 0.1) is 0 Å². The number of rotatable bonds is 5. The molecule has 27 heavy (non-hydrogen) atoms. The maximum Gasteiger partial charge on any atom is 0.0490 e. The van der Waals surface area contributed by atoms with E-state index in [-0.39, 0.29) is 0 Å². The van der Waals surface area contributed by atoms with Crippen LogP contribution in [0.15, 0.2) is 77.8 Å². The quantitative estimate of drug-likeness (QED) is 0.632. The fraction of sp³-hybridized carbons (Fsp3) is 0.217. The molecule has 1 fully saturated rings. The number of hydrogen-bond donors (Lipinski definition) is 1. The van der Waals surface area contributed by atoms with Crippen LogP contribution in [0.5, 0.6) is 0 Å². The van der Waals surface area contributed by atoms with Crippen molar-refractivity contribution in [3.05, 3.63) is 88.9 Å². The van der Waals surface area contributed by atoms with Crippen molar-refractivity contribution in [2.75, 3.05) is 26.2 Å². The lowest BCUT2D eigenvalue weighted by atomic mass is 10.0. The predicted molar refractivity (Wildman–Crippen MR) is 117 cm³/mol. The zero-order valence-electron chi connectivity index (χ0n) is 15.4. The van der Waals surface area contributed by atoms with Crippen LogP contribution in [0.2, 0.25) is 0 Å². The summed E-state index contributed by atoms with van der Waals surface area (Å²) in [4.78, 5) is 2.53. The van der Waals surface area contributed by atoms with E-state index in [2.05, 4.69) is 92.4 Å². The van der Waals surface area contributed by atoms with E-state index in [0.29, 0.717) is 0 Å².